The smallest absolute Gasteiger partial charge is 0.335 e. The molecule has 0 spiro atoms. The summed E-state index contributed by atoms with van der Waals surface area (Å²) in [7, 11) is -3.13. The normalized spacial score (nSPS) is 11.8. The number of unbranched alkanes of at least 4 members (excludes halogenated alkanes) is 10. The van der Waals surface area contributed by atoms with Crippen LogP contribution >= 0.6 is 30.2 Å². The summed E-state index contributed by atoms with van der Waals surface area (Å²) in [6, 6.07) is 12.3. The van der Waals surface area contributed by atoms with Crippen molar-refractivity contribution in [3.05, 3.63) is 56.7 Å². The molecule has 2 aromatic carbocycles. The molecule has 0 unspecified atom stereocenters. The fraction of sp³-hybridized carbons (Fsp3) is 0.600. The highest BCUT2D eigenvalue weighted by Crippen LogP contribution is 2.51. The maximum atomic E-state index is 12.9. The summed E-state index contributed by atoms with van der Waals surface area (Å²) >= 11 is 2.36. The fourth-order valence-electron chi connectivity index (χ4n) is 4.71. The third-order valence-corrected chi connectivity index (χ3v) is 9.94. The van der Waals surface area contributed by atoms with Crippen molar-refractivity contribution < 1.29 is 23.1 Å². The Bertz CT molecular complexity index is 1060. The molecule has 0 N–H and O–H groups in total. The quantitative estimate of drug-likeness (QED) is 0.0469. The molecule has 0 saturated heterocycles. The van der Waals surface area contributed by atoms with E-state index in [1.807, 2.05) is 38.1 Å². The van der Waals surface area contributed by atoms with Crippen molar-refractivity contribution in [3.8, 4) is 11.5 Å². The van der Waals surface area contributed by atoms with Gasteiger partial charge < -0.3 is 18.5 Å². The van der Waals surface area contributed by atoms with E-state index in [0.717, 1.165) is 57.8 Å². The predicted octanol–water partition coefficient (Wildman–Crippen LogP) is 11.7. The predicted molar refractivity (Wildman–Crippen MR) is 187 cm³/mol. The van der Waals surface area contributed by atoms with Gasteiger partial charge in [0.2, 0.25) is 0 Å². The first-order valence-electron chi connectivity index (χ1n) is 16.2. The summed E-state index contributed by atoms with van der Waals surface area (Å²) < 4.78 is 37.4. The lowest BCUT2D eigenvalue weighted by Crippen LogP contribution is -2.03. The largest absolute Gasteiger partial charge is 0.493 e. The number of halogens is 1. The van der Waals surface area contributed by atoms with Crippen LogP contribution in [0.25, 0.3) is 12.2 Å². The van der Waals surface area contributed by atoms with Gasteiger partial charge in [0.25, 0.3) is 0 Å². The number of hydrogen-bond donors (Lipinski definition) is 0. The summed E-state index contributed by atoms with van der Waals surface area (Å²) in [5.74, 6) is 1.80. The molecule has 0 aliphatic carbocycles. The van der Waals surface area contributed by atoms with Crippen molar-refractivity contribution in [2.75, 3.05) is 26.4 Å². The highest BCUT2D eigenvalue weighted by Gasteiger charge is 2.23. The molecule has 0 aliphatic rings. The first-order valence-corrected chi connectivity index (χ1v) is 19.0. The van der Waals surface area contributed by atoms with Gasteiger partial charge in [0.15, 0.2) is 0 Å². The van der Waals surface area contributed by atoms with Crippen LogP contribution in [0, 0.1) is 3.57 Å². The van der Waals surface area contributed by atoms with Crippen LogP contribution in [0.4, 0.5) is 0 Å². The molecule has 2 rings (SSSR count). The molecule has 2 aromatic rings. The summed E-state index contributed by atoms with van der Waals surface area (Å²) in [5.41, 5.74) is 3.00. The van der Waals surface area contributed by atoms with Gasteiger partial charge in [-0.15, -0.1) is 0 Å². The zero-order chi connectivity index (χ0) is 30.5. The third-order valence-electron chi connectivity index (χ3n) is 7.04. The maximum absolute atomic E-state index is 12.9. The molecule has 0 heterocycles. The lowest BCUT2D eigenvalue weighted by molar-refractivity contribution is 0.219. The monoisotopic (exact) mass is 712 g/mol. The molecule has 0 aromatic heterocycles. The van der Waals surface area contributed by atoms with Crippen molar-refractivity contribution in [1.82, 2.24) is 0 Å². The molecule has 0 radical (unpaired) electrons. The summed E-state index contributed by atoms with van der Waals surface area (Å²) in [4.78, 5) is 0. The molecular weight excluding hydrogens is 658 g/mol. The molecule has 7 heteroatoms. The zero-order valence-electron chi connectivity index (χ0n) is 26.5. The van der Waals surface area contributed by atoms with Crippen molar-refractivity contribution in [1.29, 1.82) is 0 Å². The van der Waals surface area contributed by atoms with E-state index in [2.05, 4.69) is 60.7 Å². The van der Waals surface area contributed by atoms with E-state index in [-0.39, 0.29) is 6.16 Å². The van der Waals surface area contributed by atoms with Gasteiger partial charge in [-0.2, -0.15) is 0 Å². The van der Waals surface area contributed by atoms with Crippen LogP contribution in [0.3, 0.4) is 0 Å². The first-order chi connectivity index (χ1) is 20.4. The molecule has 0 saturated carbocycles. The summed E-state index contributed by atoms with van der Waals surface area (Å²) in [6.45, 7) is 10.3. The molecule has 236 valence electrons. The second-order valence-electron chi connectivity index (χ2n) is 10.7. The average Bonchev–Trinajstić information content (AvgIpc) is 2.97. The van der Waals surface area contributed by atoms with E-state index in [0.29, 0.717) is 13.2 Å². The molecule has 0 fully saturated rings. The second-order valence-corrected chi connectivity index (χ2v) is 13.9. The van der Waals surface area contributed by atoms with Crippen LogP contribution in [-0.2, 0) is 19.8 Å². The van der Waals surface area contributed by atoms with E-state index >= 15 is 0 Å². The average molecular weight is 713 g/mol. The topological polar surface area (TPSA) is 54.0 Å². The second kappa shape index (κ2) is 22.2. The van der Waals surface area contributed by atoms with Gasteiger partial charge in [0.05, 0.1) is 36.2 Å². The van der Waals surface area contributed by atoms with Crippen LogP contribution in [-0.4, -0.2) is 26.4 Å². The SMILES string of the molecule is CCCCCCCCOc1cc(/C=C/c2ccc(CP(=O)(OCC)OCC)cc2)c(OCCCCCCCC)cc1I. The Kier molecular flexibility index (Phi) is 19.5. The highest BCUT2D eigenvalue weighted by molar-refractivity contribution is 14.1. The van der Waals surface area contributed by atoms with E-state index in [4.69, 9.17) is 18.5 Å². The van der Waals surface area contributed by atoms with Crippen molar-refractivity contribution in [2.24, 2.45) is 0 Å². The molecule has 0 aliphatic heterocycles. The molecular formula is C35H54IO5P. The molecule has 5 nitrogen and oxygen atoms in total. The van der Waals surface area contributed by atoms with Gasteiger partial charge in [0.1, 0.15) is 11.5 Å². The Balaban J connectivity index is 2.10. The van der Waals surface area contributed by atoms with Gasteiger partial charge in [-0.25, -0.2) is 0 Å². The van der Waals surface area contributed by atoms with Gasteiger partial charge >= 0.3 is 7.60 Å². The molecule has 42 heavy (non-hydrogen) atoms. The van der Waals surface area contributed by atoms with Crippen LogP contribution in [0.2, 0.25) is 0 Å². The summed E-state index contributed by atoms with van der Waals surface area (Å²) in [5, 5.41) is 0. The summed E-state index contributed by atoms with van der Waals surface area (Å²) in [6.07, 6.45) is 19.4. The standard InChI is InChI=1S/C35H54IO5P/c1-5-9-11-13-15-17-25-38-34-28-33(36)35(39-26-18-16-14-12-10-6-2)27-32(34)24-23-30-19-21-31(22-20-30)29-42(37,40-7-3)41-8-4/h19-24,27-28H,5-18,25-26,29H2,1-4H3/b24-23+. The zero-order valence-corrected chi connectivity index (χ0v) is 29.6. The van der Waals surface area contributed by atoms with Gasteiger partial charge in [-0.3, -0.25) is 4.57 Å². The first kappa shape index (κ1) is 36.8. The Morgan fingerprint density at radius 2 is 1.19 bits per heavy atom. The van der Waals surface area contributed by atoms with Gasteiger partial charge in [-0.1, -0.05) is 114 Å². The third kappa shape index (κ3) is 14.9. The highest BCUT2D eigenvalue weighted by atomic mass is 127. The Morgan fingerprint density at radius 3 is 1.74 bits per heavy atom. The van der Waals surface area contributed by atoms with E-state index in [1.165, 1.54) is 64.2 Å². The van der Waals surface area contributed by atoms with Gasteiger partial charge in [0, 0.05) is 5.56 Å². The fourth-order valence-corrected chi connectivity index (χ4v) is 7.01. The van der Waals surface area contributed by atoms with E-state index in [9.17, 15) is 4.57 Å². The Hall–Kier alpha value is -1.34. The van der Waals surface area contributed by atoms with Gasteiger partial charge in [-0.05, 0) is 72.5 Å². The Morgan fingerprint density at radius 1 is 0.667 bits per heavy atom. The van der Waals surface area contributed by atoms with Crippen LogP contribution in [0.5, 0.6) is 11.5 Å². The number of rotatable bonds is 24. The maximum Gasteiger partial charge on any atom is 0.335 e. The van der Waals surface area contributed by atoms with Crippen LogP contribution in [0.15, 0.2) is 36.4 Å². The Labute approximate surface area is 269 Å². The van der Waals surface area contributed by atoms with E-state index in [1.54, 1.807) is 0 Å². The van der Waals surface area contributed by atoms with Crippen molar-refractivity contribution >= 4 is 42.3 Å². The molecule has 0 atom stereocenters. The van der Waals surface area contributed by atoms with Crippen LogP contribution < -0.4 is 9.47 Å². The lowest BCUT2D eigenvalue weighted by atomic mass is 10.1. The lowest BCUT2D eigenvalue weighted by Gasteiger charge is -2.17. The number of hydrogen-bond acceptors (Lipinski definition) is 5. The molecule has 0 amide bonds. The molecule has 0 bridgehead atoms. The van der Waals surface area contributed by atoms with Crippen molar-refractivity contribution in [2.45, 2.75) is 111 Å². The van der Waals surface area contributed by atoms with Crippen LogP contribution in [0.1, 0.15) is 121 Å². The van der Waals surface area contributed by atoms with E-state index < -0.39 is 7.60 Å². The minimum Gasteiger partial charge on any atom is -0.493 e. The van der Waals surface area contributed by atoms with Crippen molar-refractivity contribution in [3.63, 3.8) is 0 Å². The minimum atomic E-state index is -3.13. The number of benzene rings is 2. The number of ether oxygens (including phenoxy) is 2. The minimum absolute atomic E-state index is 0.269.